The van der Waals surface area contributed by atoms with E-state index in [0.717, 1.165) is 29.7 Å². The lowest BCUT2D eigenvalue weighted by molar-refractivity contribution is 0.102. The Morgan fingerprint density at radius 2 is 1.94 bits per heavy atom. The molecule has 0 unspecified atom stereocenters. The molecule has 8 heteroatoms. The molecule has 1 amide bonds. The minimum Gasteiger partial charge on any atom is -0.312 e. The first-order chi connectivity index (χ1) is 14.9. The van der Waals surface area contributed by atoms with Crippen LogP contribution in [0.5, 0.6) is 0 Å². The van der Waals surface area contributed by atoms with Crippen molar-refractivity contribution in [3.05, 3.63) is 76.2 Å². The molecule has 1 aromatic heterocycles. The number of hydrogen-bond donors (Lipinski definition) is 2. The lowest BCUT2D eigenvalue weighted by Gasteiger charge is -2.17. The smallest absolute Gasteiger partial charge is 0.261 e. The first kappa shape index (κ1) is 21.1. The average molecular weight is 452 g/mol. The maximum Gasteiger partial charge on any atom is 0.261 e. The molecule has 3 aromatic rings. The summed E-state index contributed by atoms with van der Waals surface area (Å²) in [5.74, 6) is 0.111. The maximum atomic E-state index is 12.9. The van der Waals surface area contributed by atoms with Crippen LogP contribution in [0.2, 0.25) is 0 Å². The van der Waals surface area contributed by atoms with E-state index >= 15 is 0 Å². The number of nitrogens with zero attached hydrogens (tertiary/aromatic N) is 1. The molecule has 6 nitrogen and oxygen atoms in total. The Bertz CT molecular complexity index is 1280. The maximum absolute atomic E-state index is 12.9. The number of nitriles is 1. The summed E-state index contributed by atoms with van der Waals surface area (Å²) in [6.07, 6.45) is 2.77. The number of amides is 1. The number of carbonyl (C=O) groups is 1. The second-order valence-electron chi connectivity index (χ2n) is 7.62. The summed E-state index contributed by atoms with van der Waals surface area (Å²) in [5, 5.41) is 13.0. The lowest BCUT2D eigenvalue weighted by Crippen LogP contribution is -2.16. The van der Waals surface area contributed by atoms with Crippen molar-refractivity contribution in [3.8, 4) is 6.07 Å². The zero-order chi connectivity index (χ0) is 22.0. The molecule has 0 aliphatic heterocycles. The molecule has 0 saturated carbocycles. The fraction of sp³-hybridized carbons (Fsp3) is 0.217. The first-order valence-corrected chi connectivity index (χ1v) is 12.2. The molecule has 0 saturated heterocycles. The van der Waals surface area contributed by atoms with Crippen molar-refractivity contribution in [1.82, 2.24) is 0 Å². The molecule has 1 aliphatic carbocycles. The Morgan fingerprint density at radius 1 is 1.16 bits per heavy atom. The lowest BCUT2D eigenvalue weighted by atomic mass is 9.88. The number of thiophene rings is 1. The van der Waals surface area contributed by atoms with Crippen molar-refractivity contribution >= 4 is 38.0 Å². The van der Waals surface area contributed by atoms with Crippen LogP contribution in [0, 0.1) is 17.2 Å². The Hall–Kier alpha value is -3.15. The number of nitrogens with one attached hydrogen (secondary N) is 2. The minimum atomic E-state index is -3.84. The normalized spacial score (nSPS) is 15.5. The van der Waals surface area contributed by atoms with Crippen LogP contribution in [0.3, 0.4) is 0 Å². The summed E-state index contributed by atoms with van der Waals surface area (Å²) >= 11 is 1.44. The zero-order valence-corrected chi connectivity index (χ0v) is 18.5. The number of benzene rings is 2. The molecule has 2 aromatic carbocycles. The van der Waals surface area contributed by atoms with Crippen LogP contribution in [-0.4, -0.2) is 14.3 Å². The van der Waals surface area contributed by atoms with E-state index in [1.165, 1.54) is 29.5 Å². The van der Waals surface area contributed by atoms with E-state index in [1.807, 2.05) is 0 Å². The first-order valence-electron chi connectivity index (χ1n) is 9.91. The molecular formula is C23H21N3O3S2. The number of sulfonamides is 1. The van der Waals surface area contributed by atoms with Gasteiger partial charge in [0, 0.05) is 16.1 Å². The molecule has 31 heavy (non-hydrogen) atoms. The van der Waals surface area contributed by atoms with Crippen LogP contribution < -0.4 is 10.0 Å². The Labute approximate surface area is 185 Å². The SMILES string of the molecule is C[C@H]1CCc2c(sc(NC(=O)c3cccc(S(=O)(=O)Nc4ccccc4)c3)c2C#N)C1. The number of fused-ring (bicyclic) bond motifs is 1. The second kappa shape index (κ2) is 8.53. The zero-order valence-electron chi connectivity index (χ0n) is 16.9. The number of para-hydroxylation sites is 1. The van der Waals surface area contributed by atoms with Gasteiger partial charge in [-0.25, -0.2) is 8.42 Å². The van der Waals surface area contributed by atoms with Crippen LogP contribution in [0.4, 0.5) is 10.7 Å². The van der Waals surface area contributed by atoms with Crippen LogP contribution in [0.1, 0.15) is 39.7 Å². The molecule has 158 valence electrons. The van der Waals surface area contributed by atoms with E-state index in [4.69, 9.17) is 0 Å². The molecule has 4 rings (SSSR count). The Balaban J connectivity index is 1.58. The number of hydrogen-bond acceptors (Lipinski definition) is 5. The molecular weight excluding hydrogens is 430 g/mol. The van der Waals surface area contributed by atoms with Gasteiger partial charge < -0.3 is 5.32 Å². The second-order valence-corrected chi connectivity index (χ2v) is 10.4. The minimum absolute atomic E-state index is 0.0104. The summed E-state index contributed by atoms with van der Waals surface area (Å²) in [6, 6.07) is 16.6. The molecule has 1 atom stereocenters. The van der Waals surface area contributed by atoms with Gasteiger partial charge in [0.2, 0.25) is 0 Å². The summed E-state index contributed by atoms with van der Waals surface area (Å²) in [6.45, 7) is 2.18. The van der Waals surface area contributed by atoms with Gasteiger partial charge >= 0.3 is 0 Å². The van der Waals surface area contributed by atoms with E-state index in [0.29, 0.717) is 22.2 Å². The van der Waals surface area contributed by atoms with Gasteiger partial charge in [0.25, 0.3) is 15.9 Å². The molecule has 0 spiro atoms. The van der Waals surface area contributed by atoms with E-state index in [-0.39, 0.29) is 10.5 Å². The quantitative estimate of drug-likeness (QED) is 0.582. The molecule has 1 heterocycles. The molecule has 0 fully saturated rings. The van der Waals surface area contributed by atoms with Gasteiger partial charge in [-0.15, -0.1) is 11.3 Å². The monoisotopic (exact) mass is 451 g/mol. The van der Waals surface area contributed by atoms with Gasteiger partial charge in [-0.1, -0.05) is 31.2 Å². The van der Waals surface area contributed by atoms with Crippen molar-refractivity contribution in [2.24, 2.45) is 5.92 Å². The van der Waals surface area contributed by atoms with Gasteiger partial charge in [-0.05, 0) is 61.1 Å². The van der Waals surface area contributed by atoms with Gasteiger partial charge in [0.15, 0.2) is 0 Å². The van der Waals surface area contributed by atoms with Crippen LogP contribution >= 0.6 is 11.3 Å². The summed E-state index contributed by atoms with van der Waals surface area (Å²) in [4.78, 5) is 14.0. The van der Waals surface area contributed by atoms with Gasteiger partial charge in [-0.2, -0.15) is 5.26 Å². The van der Waals surface area contributed by atoms with Crippen molar-refractivity contribution in [3.63, 3.8) is 0 Å². The van der Waals surface area contributed by atoms with E-state index in [2.05, 4.69) is 23.0 Å². The highest BCUT2D eigenvalue weighted by Gasteiger charge is 2.25. The van der Waals surface area contributed by atoms with Gasteiger partial charge in [-0.3, -0.25) is 9.52 Å². The predicted molar refractivity (Wildman–Crippen MR) is 122 cm³/mol. The largest absolute Gasteiger partial charge is 0.312 e. The summed E-state index contributed by atoms with van der Waals surface area (Å²) in [7, 11) is -3.84. The highest BCUT2D eigenvalue weighted by molar-refractivity contribution is 7.92. The fourth-order valence-corrected chi connectivity index (χ4v) is 6.12. The van der Waals surface area contributed by atoms with Crippen LogP contribution in [0.15, 0.2) is 59.5 Å². The third-order valence-corrected chi connectivity index (χ3v) is 7.83. The molecule has 0 radical (unpaired) electrons. The van der Waals surface area contributed by atoms with Gasteiger partial charge in [0.05, 0.1) is 10.5 Å². The van der Waals surface area contributed by atoms with Crippen molar-refractivity contribution in [2.75, 3.05) is 10.0 Å². The number of rotatable bonds is 5. The standard InChI is InChI=1S/C23H21N3O3S2/c1-15-10-11-19-20(14-24)23(30-21(19)12-15)25-22(27)16-6-5-9-18(13-16)31(28,29)26-17-7-3-2-4-8-17/h2-9,13,15,26H,10-12H2,1H3,(H,25,27)/t15-/m0/s1. The predicted octanol–water partition coefficient (Wildman–Crippen LogP) is 4.80. The van der Waals surface area contributed by atoms with Crippen molar-refractivity contribution < 1.29 is 13.2 Å². The molecule has 1 aliphatic rings. The van der Waals surface area contributed by atoms with Crippen molar-refractivity contribution in [1.29, 1.82) is 5.26 Å². The van der Waals surface area contributed by atoms with E-state index in [1.54, 1.807) is 36.4 Å². The third-order valence-electron chi connectivity index (χ3n) is 5.28. The topological polar surface area (TPSA) is 99.1 Å². The average Bonchev–Trinajstić information content (AvgIpc) is 3.10. The molecule has 0 bridgehead atoms. The van der Waals surface area contributed by atoms with Crippen molar-refractivity contribution in [2.45, 2.75) is 31.1 Å². The Morgan fingerprint density at radius 3 is 2.68 bits per heavy atom. The number of carbonyl (C=O) groups excluding carboxylic acids is 1. The van der Waals surface area contributed by atoms with Gasteiger partial charge in [0.1, 0.15) is 11.1 Å². The highest BCUT2D eigenvalue weighted by atomic mass is 32.2. The summed E-state index contributed by atoms with van der Waals surface area (Å²) in [5.41, 5.74) is 2.20. The van der Waals surface area contributed by atoms with E-state index < -0.39 is 15.9 Å². The third kappa shape index (κ3) is 4.48. The van der Waals surface area contributed by atoms with Crippen LogP contribution in [0.25, 0.3) is 0 Å². The van der Waals surface area contributed by atoms with E-state index in [9.17, 15) is 18.5 Å². The fourth-order valence-electron chi connectivity index (χ4n) is 3.66. The van der Waals surface area contributed by atoms with Crippen LogP contribution in [-0.2, 0) is 22.9 Å². The highest BCUT2D eigenvalue weighted by Crippen LogP contribution is 2.39. The molecule has 2 N–H and O–H groups in total. The Kier molecular flexibility index (Phi) is 5.81. The number of anilines is 2. The summed E-state index contributed by atoms with van der Waals surface area (Å²) < 4.78 is 27.9.